The normalized spacial score (nSPS) is 13.9. The summed E-state index contributed by atoms with van der Waals surface area (Å²) in [6.45, 7) is -0.403. The Bertz CT molecular complexity index is 1720. The van der Waals surface area contributed by atoms with Crippen molar-refractivity contribution in [1.29, 1.82) is 0 Å². The van der Waals surface area contributed by atoms with Gasteiger partial charge < -0.3 is 9.84 Å². The maximum absolute atomic E-state index is 13.5. The van der Waals surface area contributed by atoms with Gasteiger partial charge in [-0.2, -0.15) is 4.52 Å². The highest BCUT2D eigenvalue weighted by Crippen LogP contribution is 2.25. The van der Waals surface area contributed by atoms with E-state index >= 15 is 0 Å². The van der Waals surface area contributed by atoms with Gasteiger partial charge in [0.1, 0.15) is 5.75 Å². The van der Waals surface area contributed by atoms with Gasteiger partial charge in [0.2, 0.25) is 0 Å². The van der Waals surface area contributed by atoms with Gasteiger partial charge in [-0.05, 0) is 48.5 Å². The van der Waals surface area contributed by atoms with Crippen LogP contribution in [0.5, 0.6) is 5.75 Å². The van der Waals surface area contributed by atoms with Crippen molar-refractivity contribution in [2.24, 2.45) is 0 Å². The van der Waals surface area contributed by atoms with E-state index in [1.165, 1.54) is 9.08 Å². The SMILES string of the molecule is COc1ccc(-c2nc3c4ccccc4n(C[C@@H](O)CN4C(=O)c5ccccc5C4=O)c(=O)n3n2)cc1. The average Bonchev–Trinajstić information content (AvgIpc) is 3.48. The Balaban J connectivity index is 1.37. The van der Waals surface area contributed by atoms with E-state index in [2.05, 4.69) is 10.1 Å². The molecule has 2 amide bonds. The zero-order valence-electron chi connectivity index (χ0n) is 19.7. The second-order valence-electron chi connectivity index (χ2n) is 8.73. The van der Waals surface area contributed by atoms with Crippen LogP contribution in [-0.4, -0.2) is 60.7 Å². The highest BCUT2D eigenvalue weighted by Gasteiger charge is 2.36. The van der Waals surface area contributed by atoms with Crippen LogP contribution in [0.15, 0.2) is 77.6 Å². The summed E-state index contributed by atoms with van der Waals surface area (Å²) in [5, 5.41) is 16.0. The Labute approximate surface area is 210 Å². The van der Waals surface area contributed by atoms with Crippen molar-refractivity contribution in [2.75, 3.05) is 13.7 Å². The number of hydrogen-bond donors (Lipinski definition) is 1. The van der Waals surface area contributed by atoms with Crippen LogP contribution in [0.2, 0.25) is 0 Å². The molecule has 1 atom stereocenters. The molecular formula is C27H21N5O5. The van der Waals surface area contributed by atoms with Crippen molar-refractivity contribution in [3.63, 3.8) is 0 Å². The first-order chi connectivity index (χ1) is 18.0. The molecule has 1 aliphatic rings. The minimum absolute atomic E-state index is 0.152. The minimum Gasteiger partial charge on any atom is -0.497 e. The van der Waals surface area contributed by atoms with Crippen LogP contribution in [-0.2, 0) is 6.54 Å². The molecule has 3 aromatic carbocycles. The number of aliphatic hydroxyl groups excluding tert-OH is 1. The van der Waals surface area contributed by atoms with E-state index in [-0.39, 0.29) is 13.1 Å². The van der Waals surface area contributed by atoms with Crippen LogP contribution in [0.25, 0.3) is 27.9 Å². The Kier molecular flexibility index (Phi) is 5.31. The lowest BCUT2D eigenvalue weighted by atomic mass is 10.1. The number of fused-ring (bicyclic) bond motifs is 4. The number of aliphatic hydroxyl groups is 1. The third-order valence-corrected chi connectivity index (χ3v) is 6.47. The zero-order chi connectivity index (χ0) is 25.7. The average molecular weight is 495 g/mol. The first-order valence-corrected chi connectivity index (χ1v) is 11.6. The third-order valence-electron chi connectivity index (χ3n) is 6.47. The first kappa shape index (κ1) is 22.6. The maximum Gasteiger partial charge on any atom is 0.351 e. The number of benzene rings is 3. The second-order valence-corrected chi connectivity index (χ2v) is 8.73. The van der Waals surface area contributed by atoms with Crippen LogP contribution in [0, 0.1) is 0 Å². The number of rotatable bonds is 6. The molecule has 0 unspecified atom stereocenters. The molecule has 6 rings (SSSR count). The molecule has 0 fully saturated rings. The van der Waals surface area contributed by atoms with E-state index in [0.717, 1.165) is 4.90 Å². The number of β-amino-alcohol motifs (C(OH)–C–C–N with tert-alkyl or cyclic N) is 1. The topological polar surface area (TPSA) is 119 Å². The van der Waals surface area contributed by atoms with Crippen LogP contribution < -0.4 is 10.4 Å². The number of hydrogen-bond acceptors (Lipinski definition) is 7. The molecule has 2 aromatic heterocycles. The number of methoxy groups -OCH3 is 1. The fourth-order valence-corrected chi connectivity index (χ4v) is 4.66. The molecule has 184 valence electrons. The third kappa shape index (κ3) is 3.66. The fourth-order valence-electron chi connectivity index (χ4n) is 4.66. The van der Waals surface area contributed by atoms with Gasteiger partial charge in [0, 0.05) is 10.9 Å². The molecule has 10 nitrogen and oxygen atoms in total. The Morgan fingerprint density at radius 1 is 0.865 bits per heavy atom. The number of carbonyl (C=O) groups is 2. The van der Waals surface area contributed by atoms with Crippen molar-refractivity contribution in [3.05, 3.63) is 94.4 Å². The van der Waals surface area contributed by atoms with Gasteiger partial charge in [0.15, 0.2) is 11.5 Å². The predicted octanol–water partition coefficient (Wildman–Crippen LogP) is 2.38. The van der Waals surface area contributed by atoms with Crippen LogP contribution in [0.4, 0.5) is 0 Å². The minimum atomic E-state index is -1.19. The van der Waals surface area contributed by atoms with Gasteiger partial charge in [-0.25, -0.2) is 9.78 Å². The molecule has 0 aliphatic carbocycles. The molecular weight excluding hydrogens is 474 g/mol. The molecule has 0 radical (unpaired) electrons. The summed E-state index contributed by atoms with van der Waals surface area (Å²) in [5.41, 5.74) is 1.76. The van der Waals surface area contributed by atoms with Crippen molar-refractivity contribution in [1.82, 2.24) is 24.1 Å². The van der Waals surface area contributed by atoms with Gasteiger partial charge in [-0.3, -0.25) is 19.1 Å². The molecule has 0 spiro atoms. The van der Waals surface area contributed by atoms with E-state index in [4.69, 9.17) is 4.74 Å². The number of carbonyl (C=O) groups excluding carboxylic acids is 2. The smallest absolute Gasteiger partial charge is 0.351 e. The summed E-state index contributed by atoms with van der Waals surface area (Å²) < 4.78 is 7.80. The van der Waals surface area contributed by atoms with Crippen molar-refractivity contribution >= 4 is 28.4 Å². The van der Waals surface area contributed by atoms with Crippen LogP contribution in [0.1, 0.15) is 20.7 Å². The lowest BCUT2D eigenvalue weighted by Gasteiger charge is -2.20. The summed E-state index contributed by atoms with van der Waals surface area (Å²) in [4.78, 5) is 44.6. The summed E-state index contributed by atoms with van der Waals surface area (Å²) >= 11 is 0. The maximum atomic E-state index is 13.5. The molecule has 1 N–H and O–H groups in total. The highest BCUT2D eigenvalue weighted by molar-refractivity contribution is 6.21. The van der Waals surface area contributed by atoms with Crippen molar-refractivity contribution in [2.45, 2.75) is 12.6 Å². The fraction of sp³-hybridized carbons (Fsp3) is 0.148. The summed E-state index contributed by atoms with van der Waals surface area (Å²) in [6, 6.07) is 20.9. The van der Waals surface area contributed by atoms with Gasteiger partial charge in [0.05, 0.1) is 42.9 Å². The molecule has 0 bridgehead atoms. The van der Waals surface area contributed by atoms with E-state index < -0.39 is 23.6 Å². The Morgan fingerprint density at radius 3 is 2.19 bits per heavy atom. The van der Waals surface area contributed by atoms with Gasteiger partial charge >= 0.3 is 5.69 Å². The highest BCUT2D eigenvalue weighted by atomic mass is 16.5. The quantitative estimate of drug-likeness (QED) is 0.359. The number of nitrogens with zero attached hydrogens (tertiary/aromatic N) is 5. The van der Waals surface area contributed by atoms with Crippen LogP contribution in [0.3, 0.4) is 0 Å². The predicted molar refractivity (Wildman–Crippen MR) is 135 cm³/mol. The molecule has 0 saturated heterocycles. The molecule has 5 aromatic rings. The largest absolute Gasteiger partial charge is 0.497 e. The first-order valence-electron chi connectivity index (χ1n) is 11.6. The summed E-state index contributed by atoms with van der Waals surface area (Å²) in [6.07, 6.45) is -1.19. The van der Waals surface area contributed by atoms with Crippen molar-refractivity contribution in [3.8, 4) is 17.1 Å². The molecule has 1 aliphatic heterocycles. The standard InChI is InChI=1S/C27H21N5O5/c1-37-18-12-10-16(11-13-18)23-28-24-21-8-4-5-9-22(21)30(27(36)32(24)29-23)14-17(33)15-31-25(34)19-6-2-3-7-20(19)26(31)35/h2-13,17,33H,14-15H2,1H3/t17-/m1/s1. The van der Waals surface area contributed by atoms with E-state index in [1.54, 1.807) is 67.8 Å². The number of ether oxygens (including phenoxy) is 1. The number of aromatic nitrogens is 4. The number of amides is 2. The molecule has 3 heterocycles. The van der Waals surface area contributed by atoms with Gasteiger partial charge in [-0.1, -0.05) is 24.3 Å². The molecule has 37 heavy (non-hydrogen) atoms. The Morgan fingerprint density at radius 2 is 1.51 bits per heavy atom. The lowest BCUT2D eigenvalue weighted by Crippen LogP contribution is -2.40. The lowest BCUT2D eigenvalue weighted by molar-refractivity contribution is 0.0521. The molecule has 0 saturated carbocycles. The van der Waals surface area contributed by atoms with Gasteiger partial charge in [-0.15, -0.1) is 5.10 Å². The van der Waals surface area contributed by atoms with E-state index in [0.29, 0.717) is 44.8 Å². The van der Waals surface area contributed by atoms with Crippen molar-refractivity contribution < 1.29 is 19.4 Å². The zero-order valence-corrected chi connectivity index (χ0v) is 19.7. The van der Waals surface area contributed by atoms with Gasteiger partial charge in [0.25, 0.3) is 11.8 Å². The summed E-state index contributed by atoms with van der Waals surface area (Å²) in [7, 11) is 1.58. The monoisotopic (exact) mass is 495 g/mol. The number of para-hydroxylation sites is 1. The summed E-state index contributed by atoms with van der Waals surface area (Å²) in [5.74, 6) is 0.127. The Hall–Kier alpha value is -4.83. The molecule has 10 heteroatoms. The van der Waals surface area contributed by atoms with E-state index in [9.17, 15) is 19.5 Å². The van der Waals surface area contributed by atoms with E-state index in [1.807, 2.05) is 12.1 Å². The number of imide groups is 1. The second kappa shape index (κ2) is 8.68. The van der Waals surface area contributed by atoms with Crippen LogP contribution >= 0.6 is 0 Å².